The second-order valence-corrected chi connectivity index (χ2v) is 5.93. The maximum atomic E-state index is 12.1. The van der Waals surface area contributed by atoms with Crippen molar-refractivity contribution in [3.05, 3.63) is 35.4 Å². The molecule has 0 spiro atoms. The first-order valence-electron chi connectivity index (χ1n) is 8.03. The molecule has 0 radical (unpaired) electrons. The topological polar surface area (TPSA) is 53.6 Å². The Bertz CT molecular complexity index is 471. The Labute approximate surface area is 133 Å². The van der Waals surface area contributed by atoms with Crippen molar-refractivity contribution in [2.45, 2.75) is 33.1 Å². The quantitative estimate of drug-likeness (QED) is 0.793. The van der Waals surface area contributed by atoms with E-state index < -0.39 is 0 Å². The first-order chi connectivity index (χ1) is 10.6. The average molecular weight is 305 g/mol. The molecule has 1 aliphatic heterocycles. The van der Waals surface area contributed by atoms with Crippen molar-refractivity contribution in [1.29, 1.82) is 0 Å². The first-order valence-corrected chi connectivity index (χ1v) is 8.03. The first kappa shape index (κ1) is 16.9. The smallest absolute Gasteiger partial charge is 0.234 e. The molecule has 22 heavy (non-hydrogen) atoms. The minimum Gasteiger partial charge on any atom is -0.374 e. The maximum absolute atomic E-state index is 12.1. The third-order valence-corrected chi connectivity index (χ3v) is 3.74. The van der Waals surface area contributed by atoms with Gasteiger partial charge in [-0.25, -0.2) is 0 Å². The lowest BCUT2D eigenvalue weighted by atomic mass is 10.1. The summed E-state index contributed by atoms with van der Waals surface area (Å²) >= 11 is 0. The monoisotopic (exact) mass is 305 g/mol. The minimum atomic E-state index is 0.0847. The summed E-state index contributed by atoms with van der Waals surface area (Å²) in [5.41, 5.74) is 2.26. The molecule has 2 N–H and O–H groups in total. The molecule has 5 heteroatoms. The number of piperazine rings is 1. The molecule has 0 aliphatic carbocycles. The van der Waals surface area contributed by atoms with Gasteiger partial charge in [0.1, 0.15) is 0 Å². The number of benzene rings is 1. The average Bonchev–Trinajstić information content (AvgIpc) is 2.52. The van der Waals surface area contributed by atoms with E-state index in [4.69, 9.17) is 4.74 Å². The van der Waals surface area contributed by atoms with Crippen LogP contribution in [0.4, 0.5) is 0 Å². The molecule has 5 nitrogen and oxygen atoms in total. The number of rotatable bonds is 7. The number of amides is 1. The second kappa shape index (κ2) is 8.88. The molecule has 1 aliphatic rings. The van der Waals surface area contributed by atoms with Gasteiger partial charge in [-0.3, -0.25) is 9.69 Å². The Kier molecular flexibility index (Phi) is 6.83. The highest BCUT2D eigenvalue weighted by Crippen LogP contribution is 2.11. The molecule has 1 amide bonds. The van der Waals surface area contributed by atoms with Crippen LogP contribution in [0.1, 0.15) is 25.0 Å². The van der Waals surface area contributed by atoms with Gasteiger partial charge in [0.05, 0.1) is 19.3 Å². The van der Waals surface area contributed by atoms with Crippen LogP contribution in [-0.4, -0.2) is 49.6 Å². The summed E-state index contributed by atoms with van der Waals surface area (Å²) < 4.78 is 5.67. The fourth-order valence-corrected chi connectivity index (χ4v) is 2.45. The molecular formula is C17H27N3O2. The number of carbonyl (C=O) groups excluding carboxylic acids is 1. The summed E-state index contributed by atoms with van der Waals surface area (Å²) in [5.74, 6) is 0.0847. The van der Waals surface area contributed by atoms with E-state index in [0.717, 1.165) is 37.3 Å². The van der Waals surface area contributed by atoms with Crippen LogP contribution in [0.3, 0.4) is 0 Å². The second-order valence-electron chi connectivity index (χ2n) is 5.93. The van der Waals surface area contributed by atoms with Gasteiger partial charge in [-0.05, 0) is 25.0 Å². The van der Waals surface area contributed by atoms with E-state index in [1.807, 2.05) is 32.0 Å². The number of ether oxygens (including phenoxy) is 1. The van der Waals surface area contributed by atoms with Crippen LogP contribution in [0.25, 0.3) is 0 Å². The van der Waals surface area contributed by atoms with Gasteiger partial charge < -0.3 is 15.4 Å². The third-order valence-electron chi connectivity index (χ3n) is 3.74. The molecule has 0 saturated carbocycles. The zero-order valence-electron chi connectivity index (χ0n) is 13.6. The lowest BCUT2D eigenvalue weighted by Gasteiger charge is -2.26. The molecule has 1 aromatic rings. The fraction of sp³-hybridized carbons (Fsp3) is 0.588. The summed E-state index contributed by atoms with van der Waals surface area (Å²) in [4.78, 5) is 14.2. The molecule has 0 atom stereocenters. The van der Waals surface area contributed by atoms with Crippen molar-refractivity contribution in [2.75, 3.05) is 32.7 Å². The van der Waals surface area contributed by atoms with E-state index in [0.29, 0.717) is 19.7 Å². The molecule has 1 heterocycles. The number of hydrogen-bond donors (Lipinski definition) is 2. The molecular weight excluding hydrogens is 278 g/mol. The minimum absolute atomic E-state index is 0.0847. The van der Waals surface area contributed by atoms with Crippen LogP contribution in [0, 0.1) is 0 Å². The van der Waals surface area contributed by atoms with Gasteiger partial charge in [-0.2, -0.15) is 0 Å². The van der Waals surface area contributed by atoms with Gasteiger partial charge in [0.15, 0.2) is 0 Å². The van der Waals surface area contributed by atoms with Crippen LogP contribution in [0.5, 0.6) is 0 Å². The highest BCUT2D eigenvalue weighted by Gasteiger charge is 2.13. The summed E-state index contributed by atoms with van der Waals surface area (Å²) in [6, 6.07) is 8.10. The number of hydrogen-bond acceptors (Lipinski definition) is 4. The van der Waals surface area contributed by atoms with E-state index in [1.54, 1.807) is 0 Å². The fourth-order valence-electron chi connectivity index (χ4n) is 2.45. The lowest BCUT2D eigenvalue weighted by Crippen LogP contribution is -2.47. The van der Waals surface area contributed by atoms with E-state index in [-0.39, 0.29) is 12.0 Å². The van der Waals surface area contributed by atoms with Crippen molar-refractivity contribution in [3.8, 4) is 0 Å². The lowest BCUT2D eigenvalue weighted by molar-refractivity contribution is -0.122. The molecule has 122 valence electrons. The highest BCUT2D eigenvalue weighted by atomic mass is 16.5. The molecule has 2 rings (SSSR count). The van der Waals surface area contributed by atoms with Crippen molar-refractivity contribution >= 4 is 5.91 Å². The van der Waals surface area contributed by atoms with Gasteiger partial charge in [-0.15, -0.1) is 0 Å². The number of nitrogens with zero attached hydrogens (tertiary/aromatic N) is 1. The van der Waals surface area contributed by atoms with Crippen LogP contribution in [-0.2, 0) is 22.7 Å². The summed E-state index contributed by atoms with van der Waals surface area (Å²) in [5, 5.41) is 6.31. The van der Waals surface area contributed by atoms with E-state index in [2.05, 4.69) is 21.6 Å². The zero-order chi connectivity index (χ0) is 15.8. The van der Waals surface area contributed by atoms with Crippen LogP contribution >= 0.6 is 0 Å². The highest BCUT2D eigenvalue weighted by molar-refractivity contribution is 5.78. The molecule has 1 fully saturated rings. The van der Waals surface area contributed by atoms with E-state index in [1.165, 1.54) is 0 Å². The molecule has 1 saturated heterocycles. The van der Waals surface area contributed by atoms with Crippen LogP contribution in [0.15, 0.2) is 24.3 Å². The predicted octanol–water partition coefficient (Wildman–Crippen LogP) is 1.13. The van der Waals surface area contributed by atoms with Gasteiger partial charge in [0.2, 0.25) is 5.91 Å². The van der Waals surface area contributed by atoms with E-state index >= 15 is 0 Å². The van der Waals surface area contributed by atoms with Crippen molar-refractivity contribution in [1.82, 2.24) is 15.5 Å². The van der Waals surface area contributed by atoms with Crippen molar-refractivity contribution < 1.29 is 9.53 Å². The molecule has 0 bridgehead atoms. The Morgan fingerprint density at radius 3 is 2.64 bits per heavy atom. The van der Waals surface area contributed by atoms with Gasteiger partial charge >= 0.3 is 0 Å². The van der Waals surface area contributed by atoms with Gasteiger partial charge in [0, 0.05) is 32.7 Å². The van der Waals surface area contributed by atoms with Gasteiger partial charge in [-0.1, -0.05) is 24.3 Å². The SMILES string of the molecule is CC(C)OCc1ccccc1CNC(=O)CN1CCNCC1. The maximum Gasteiger partial charge on any atom is 0.234 e. The molecule has 0 aromatic heterocycles. The standard InChI is InChI=1S/C17H27N3O2/c1-14(2)22-13-16-6-4-3-5-15(16)11-19-17(21)12-20-9-7-18-8-10-20/h3-6,14,18H,7-13H2,1-2H3,(H,19,21). The van der Waals surface area contributed by atoms with E-state index in [9.17, 15) is 4.79 Å². The Morgan fingerprint density at radius 2 is 1.95 bits per heavy atom. The Balaban J connectivity index is 1.81. The predicted molar refractivity (Wildman–Crippen MR) is 87.5 cm³/mol. The largest absolute Gasteiger partial charge is 0.374 e. The van der Waals surface area contributed by atoms with Crippen molar-refractivity contribution in [2.24, 2.45) is 0 Å². The molecule has 1 aromatic carbocycles. The van der Waals surface area contributed by atoms with Gasteiger partial charge in [0.25, 0.3) is 0 Å². The Hall–Kier alpha value is -1.43. The number of carbonyl (C=O) groups is 1. The van der Waals surface area contributed by atoms with Crippen LogP contribution < -0.4 is 10.6 Å². The van der Waals surface area contributed by atoms with Crippen LogP contribution in [0.2, 0.25) is 0 Å². The zero-order valence-corrected chi connectivity index (χ0v) is 13.6. The number of nitrogens with one attached hydrogen (secondary N) is 2. The Morgan fingerprint density at radius 1 is 1.27 bits per heavy atom. The summed E-state index contributed by atoms with van der Waals surface area (Å²) in [6.07, 6.45) is 0.204. The normalized spacial score (nSPS) is 16.0. The molecule has 0 unspecified atom stereocenters. The third kappa shape index (κ3) is 5.75. The summed E-state index contributed by atoms with van der Waals surface area (Å²) in [6.45, 7) is 9.47. The summed E-state index contributed by atoms with van der Waals surface area (Å²) in [7, 11) is 0. The van der Waals surface area contributed by atoms with Crippen molar-refractivity contribution in [3.63, 3.8) is 0 Å².